The minimum absolute atomic E-state index is 0. The Morgan fingerprint density at radius 2 is 2.00 bits per heavy atom. The summed E-state index contributed by atoms with van der Waals surface area (Å²) in [5.41, 5.74) is 0.711. The Morgan fingerprint density at radius 1 is 1.40 bits per heavy atom. The van der Waals surface area contributed by atoms with E-state index in [-0.39, 0.29) is 29.6 Å². The van der Waals surface area contributed by atoms with Gasteiger partial charge in [-0.1, -0.05) is 0 Å². The summed E-state index contributed by atoms with van der Waals surface area (Å²) in [6.45, 7) is 3.44. The van der Waals surface area contributed by atoms with Crippen molar-refractivity contribution in [1.82, 2.24) is 9.97 Å². The molecule has 0 atom stereocenters. The van der Waals surface area contributed by atoms with E-state index in [1.165, 1.54) is 0 Å². The molecule has 0 aromatic carbocycles. The molecule has 1 aromatic rings. The Kier molecular flexibility index (Phi) is 5.68. The third kappa shape index (κ3) is 6.06. The van der Waals surface area contributed by atoms with E-state index in [0.29, 0.717) is 17.3 Å². The van der Waals surface area contributed by atoms with Gasteiger partial charge in [0.15, 0.2) is 0 Å². The number of aromatic nitrogens is 2. The number of hydrogen-bond acceptors (Lipinski definition) is 6. The van der Waals surface area contributed by atoms with Crippen LogP contribution in [0.2, 0.25) is 0 Å². The Labute approximate surface area is 111 Å². The third-order valence-electron chi connectivity index (χ3n) is 1.40. The first-order chi connectivity index (χ1) is 6.37. The average Bonchev–Trinajstić information content (AvgIpc) is 1.97. The van der Waals surface area contributed by atoms with Crippen LogP contribution < -0.4 is 34.9 Å². The molecule has 1 N–H and O–H groups in total. The number of aryl methyl sites for hydroxylation is 2. The van der Waals surface area contributed by atoms with E-state index in [9.17, 15) is 13.0 Å². The van der Waals surface area contributed by atoms with Crippen LogP contribution in [0.1, 0.15) is 11.5 Å². The summed E-state index contributed by atoms with van der Waals surface area (Å²) in [6.07, 6.45) is 0. The summed E-state index contributed by atoms with van der Waals surface area (Å²) in [5, 5.41) is 2.41. The van der Waals surface area contributed by atoms with Crippen LogP contribution in [0.25, 0.3) is 0 Å². The fourth-order valence-corrected chi connectivity index (χ4v) is 1.29. The van der Waals surface area contributed by atoms with Crippen LogP contribution in [-0.4, -0.2) is 28.8 Å². The molecule has 0 saturated carbocycles. The van der Waals surface area contributed by atoms with Crippen molar-refractivity contribution in [1.29, 1.82) is 0 Å². The maximum absolute atomic E-state index is 10.3. The van der Waals surface area contributed by atoms with Crippen LogP contribution in [0.3, 0.4) is 0 Å². The van der Waals surface area contributed by atoms with Crippen LogP contribution in [0.5, 0.6) is 0 Å². The Morgan fingerprint density at radius 3 is 2.47 bits per heavy atom. The molecule has 0 fully saturated rings. The molecule has 0 amide bonds. The number of nitrogens with zero attached hydrogens (tertiary/aromatic N) is 2. The van der Waals surface area contributed by atoms with Crippen molar-refractivity contribution in [3.05, 3.63) is 17.6 Å². The zero-order chi connectivity index (χ0) is 10.8. The minimum atomic E-state index is -4.27. The molecule has 0 aliphatic carbocycles. The molecule has 15 heavy (non-hydrogen) atoms. The first-order valence-electron chi connectivity index (χ1n) is 3.86. The summed E-state index contributed by atoms with van der Waals surface area (Å²) in [7, 11) is -4.27. The van der Waals surface area contributed by atoms with Gasteiger partial charge in [0.1, 0.15) is 27.6 Å². The van der Waals surface area contributed by atoms with Gasteiger partial charge in [-0.05, 0) is 13.8 Å². The molecule has 0 spiro atoms. The second-order valence-electron chi connectivity index (χ2n) is 2.82. The first kappa shape index (κ1) is 14.8. The van der Waals surface area contributed by atoms with Crippen molar-refractivity contribution in [3.8, 4) is 0 Å². The third-order valence-corrected chi connectivity index (χ3v) is 1.89. The molecular formula is C7H10N3NaO3S. The summed E-state index contributed by atoms with van der Waals surface area (Å²) >= 11 is 0. The van der Waals surface area contributed by atoms with Gasteiger partial charge in [0.05, 0.1) is 0 Å². The van der Waals surface area contributed by atoms with Crippen molar-refractivity contribution in [3.63, 3.8) is 0 Å². The molecular weight excluding hydrogens is 229 g/mol. The summed E-state index contributed by atoms with van der Waals surface area (Å²) in [6, 6.07) is 1.57. The molecule has 0 unspecified atom stereocenters. The molecule has 6 nitrogen and oxygen atoms in total. The molecule has 0 aliphatic rings. The molecule has 78 valence electrons. The maximum Gasteiger partial charge on any atom is 1.00 e. The van der Waals surface area contributed by atoms with Crippen molar-refractivity contribution in [2.24, 2.45) is 0 Å². The minimum Gasteiger partial charge on any atom is -0.747 e. The number of nitrogens with one attached hydrogen (secondary N) is 1. The van der Waals surface area contributed by atoms with Crippen molar-refractivity contribution in [2.75, 3.05) is 11.2 Å². The Bertz CT molecular complexity index is 415. The van der Waals surface area contributed by atoms with Gasteiger partial charge in [0, 0.05) is 11.8 Å². The smallest absolute Gasteiger partial charge is 0.747 e. The van der Waals surface area contributed by atoms with Gasteiger partial charge in [-0.15, -0.1) is 0 Å². The molecule has 0 saturated heterocycles. The zero-order valence-corrected chi connectivity index (χ0v) is 11.6. The van der Waals surface area contributed by atoms with E-state index in [0.717, 1.165) is 0 Å². The quantitative estimate of drug-likeness (QED) is 0.446. The van der Waals surface area contributed by atoms with Gasteiger partial charge < -0.3 is 9.87 Å². The largest absolute Gasteiger partial charge is 1.00 e. The van der Waals surface area contributed by atoms with Gasteiger partial charge in [-0.25, -0.2) is 18.4 Å². The van der Waals surface area contributed by atoms with Crippen LogP contribution in [-0.2, 0) is 10.1 Å². The van der Waals surface area contributed by atoms with E-state index in [1.807, 2.05) is 0 Å². The molecule has 1 rings (SSSR count). The van der Waals surface area contributed by atoms with Gasteiger partial charge in [0.2, 0.25) is 0 Å². The number of rotatable bonds is 3. The van der Waals surface area contributed by atoms with Gasteiger partial charge in [-0.3, -0.25) is 0 Å². The predicted octanol–water partition coefficient (Wildman–Crippen LogP) is -2.99. The normalized spacial score (nSPS) is 10.6. The second kappa shape index (κ2) is 5.76. The Hall–Kier alpha value is -0.210. The van der Waals surface area contributed by atoms with E-state index in [4.69, 9.17) is 0 Å². The van der Waals surface area contributed by atoms with E-state index in [2.05, 4.69) is 15.3 Å². The van der Waals surface area contributed by atoms with Crippen LogP contribution in [0, 0.1) is 13.8 Å². The molecule has 0 radical (unpaired) electrons. The van der Waals surface area contributed by atoms with Crippen LogP contribution >= 0.6 is 0 Å². The fraction of sp³-hybridized carbons (Fsp3) is 0.429. The van der Waals surface area contributed by atoms with Gasteiger partial charge >= 0.3 is 29.6 Å². The van der Waals surface area contributed by atoms with Crippen molar-refractivity contribution < 1.29 is 42.5 Å². The molecule has 0 bridgehead atoms. The van der Waals surface area contributed by atoms with E-state index >= 15 is 0 Å². The van der Waals surface area contributed by atoms with E-state index in [1.54, 1.807) is 19.9 Å². The van der Waals surface area contributed by atoms with Gasteiger partial charge in [-0.2, -0.15) is 0 Å². The first-order valence-corrected chi connectivity index (χ1v) is 5.44. The summed E-state index contributed by atoms with van der Waals surface area (Å²) in [5.74, 6) is 0.202. The maximum atomic E-state index is 10.3. The topological polar surface area (TPSA) is 95.0 Å². The summed E-state index contributed by atoms with van der Waals surface area (Å²) < 4.78 is 30.9. The monoisotopic (exact) mass is 239 g/mol. The Balaban J connectivity index is 0.00000196. The number of hydrogen-bond donors (Lipinski definition) is 1. The molecule has 0 aliphatic heterocycles. The van der Waals surface area contributed by atoms with Gasteiger partial charge in [0.25, 0.3) is 0 Å². The average molecular weight is 239 g/mol. The van der Waals surface area contributed by atoms with Crippen LogP contribution in [0.4, 0.5) is 5.82 Å². The van der Waals surface area contributed by atoms with Crippen LogP contribution in [0.15, 0.2) is 6.07 Å². The standard InChI is InChI=1S/C7H11N3O3S.Na/c1-5-3-7(10-6(2)9-5)8-4-14(11,12)13;/h3H,4H2,1-2H3,(H,8,9,10)(H,11,12,13);/q;+1/p-1. The van der Waals surface area contributed by atoms with Crippen molar-refractivity contribution in [2.45, 2.75) is 13.8 Å². The van der Waals surface area contributed by atoms with Crippen molar-refractivity contribution >= 4 is 15.9 Å². The summed E-state index contributed by atoms with van der Waals surface area (Å²) in [4.78, 5) is 7.91. The SMILES string of the molecule is Cc1cc(NCS(=O)(=O)[O-])nc(C)n1.[Na+]. The number of anilines is 1. The van der Waals surface area contributed by atoms with E-state index < -0.39 is 16.0 Å². The zero-order valence-electron chi connectivity index (χ0n) is 8.81. The second-order valence-corrected chi connectivity index (χ2v) is 4.22. The fourth-order valence-electron chi connectivity index (χ4n) is 0.970. The predicted molar refractivity (Wildman–Crippen MR) is 49.7 cm³/mol. The molecule has 1 heterocycles. The molecule has 8 heteroatoms. The molecule has 1 aromatic heterocycles.